The van der Waals surface area contributed by atoms with E-state index >= 15 is 0 Å². The zero-order valence-electron chi connectivity index (χ0n) is 21.4. The number of anilines is 1. The Labute approximate surface area is 217 Å². The number of aromatic nitrogens is 2. The number of carbonyl (C=O) groups is 2. The van der Waals surface area contributed by atoms with Crippen molar-refractivity contribution >= 4 is 17.6 Å². The van der Waals surface area contributed by atoms with Gasteiger partial charge in [-0.3, -0.25) is 4.79 Å². The van der Waals surface area contributed by atoms with Gasteiger partial charge in [0, 0.05) is 16.9 Å². The van der Waals surface area contributed by atoms with E-state index in [0.717, 1.165) is 54.1 Å². The molecule has 1 amide bonds. The van der Waals surface area contributed by atoms with Crippen LogP contribution in [-0.2, 0) is 12.8 Å². The molecular weight excluding hydrogens is 462 g/mol. The first-order valence-electron chi connectivity index (χ1n) is 13.7. The highest BCUT2D eigenvalue weighted by Crippen LogP contribution is 2.61. The monoisotopic (exact) mass is 497 g/mol. The fourth-order valence-electron chi connectivity index (χ4n) is 7.87. The SMILES string of the molecule is CCc1ccccc1-c1nc(C(=O)Nc2cccc(C(=O)O)c2)c(CCC23CC4CC(CC(C4)C2)C3)[nH]1. The van der Waals surface area contributed by atoms with E-state index in [1.54, 1.807) is 12.1 Å². The molecule has 0 aliphatic heterocycles. The Morgan fingerprint density at radius 1 is 1.03 bits per heavy atom. The van der Waals surface area contributed by atoms with Crippen molar-refractivity contribution in [2.45, 2.75) is 64.7 Å². The van der Waals surface area contributed by atoms with Gasteiger partial charge < -0.3 is 15.4 Å². The van der Waals surface area contributed by atoms with E-state index in [1.165, 1.54) is 56.2 Å². The van der Waals surface area contributed by atoms with E-state index in [0.29, 0.717) is 16.8 Å². The molecule has 6 heteroatoms. The quantitative estimate of drug-likeness (QED) is 0.321. The molecule has 4 saturated carbocycles. The summed E-state index contributed by atoms with van der Waals surface area (Å²) in [4.78, 5) is 33.3. The number of benzene rings is 2. The number of aryl methyl sites for hydroxylation is 2. The van der Waals surface area contributed by atoms with Crippen LogP contribution in [0.25, 0.3) is 11.4 Å². The Morgan fingerprint density at radius 2 is 1.73 bits per heavy atom. The summed E-state index contributed by atoms with van der Waals surface area (Å²) < 4.78 is 0. The third-order valence-corrected chi connectivity index (χ3v) is 9.08. The van der Waals surface area contributed by atoms with E-state index in [4.69, 9.17) is 4.98 Å². The zero-order valence-corrected chi connectivity index (χ0v) is 21.4. The van der Waals surface area contributed by atoms with Gasteiger partial charge in [-0.05, 0) is 105 Å². The molecule has 2 aromatic carbocycles. The highest BCUT2D eigenvalue weighted by Gasteiger charge is 2.50. The summed E-state index contributed by atoms with van der Waals surface area (Å²) >= 11 is 0. The van der Waals surface area contributed by atoms with Crippen LogP contribution in [0.15, 0.2) is 48.5 Å². The normalized spacial score (nSPS) is 25.8. The van der Waals surface area contributed by atoms with Crippen molar-refractivity contribution in [3.8, 4) is 11.4 Å². The van der Waals surface area contributed by atoms with Crippen LogP contribution in [-0.4, -0.2) is 27.0 Å². The Kier molecular flexibility index (Phi) is 6.13. The van der Waals surface area contributed by atoms with Gasteiger partial charge in [-0.2, -0.15) is 0 Å². The number of H-pyrrole nitrogens is 1. The highest BCUT2D eigenvalue weighted by molar-refractivity contribution is 6.04. The molecule has 0 saturated heterocycles. The Balaban J connectivity index is 1.30. The number of carbonyl (C=O) groups excluding carboxylic acids is 1. The van der Waals surface area contributed by atoms with E-state index in [1.807, 2.05) is 12.1 Å². The van der Waals surface area contributed by atoms with Crippen LogP contribution in [0.1, 0.15) is 84.0 Å². The summed E-state index contributed by atoms with van der Waals surface area (Å²) in [6, 6.07) is 14.5. The Morgan fingerprint density at radius 3 is 2.41 bits per heavy atom. The second-order valence-corrected chi connectivity index (χ2v) is 11.7. The van der Waals surface area contributed by atoms with Gasteiger partial charge in [-0.1, -0.05) is 37.3 Å². The van der Waals surface area contributed by atoms with E-state index in [-0.39, 0.29) is 11.5 Å². The maximum absolute atomic E-state index is 13.5. The van der Waals surface area contributed by atoms with Gasteiger partial charge in [0.15, 0.2) is 0 Å². The summed E-state index contributed by atoms with van der Waals surface area (Å²) in [6.07, 6.45) is 11.0. The predicted octanol–water partition coefficient (Wildman–Crippen LogP) is 6.74. The highest BCUT2D eigenvalue weighted by atomic mass is 16.4. The van der Waals surface area contributed by atoms with Crippen LogP contribution in [0.3, 0.4) is 0 Å². The molecule has 1 aromatic heterocycles. The standard InChI is InChI=1S/C31H35N3O3/c1-2-22-6-3-4-9-25(22)28-33-26(10-11-31-16-19-12-20(17-31)14-21(13-19)18-31)27(34-28)29(35)32-24-8-5-7-23(15-24)30(36)37/h3-9,15,19-21H,2,10-14,16-18H2,1H3,(H,32,35)(H,33,34)(H,36,37). The molecule has 7 rings (SSSR count). The maximum Gasteiger partial charge on any atom is 0.335 e. The van der Waals surface area contributed by atoms with E-state index in [2.05, 4.69) is 29.4 Å². The van der Waals surface area contributed by atoms with Crippen molar-refractivity contribution in [3.63, 3.8) is 0 Å². The van der Waals surface area contributed by atoms with Gasteiger partial charge in [-0.25, -0.2) is 9.78 Å². The lowest BCUT2D eigenvalue weighted by molar-refractivity contribution is -0.0570. The topological polar surface area (TPSA) is 95.1 Å². The minimum absolute atomic E-state index is 0.138. The number of hydrogen-bond donors (Lipinski definition) is 3. The lowest BCUT2D eigenvalue weighted by Gasteiger charge is -2.57. The number of imidazole rings is 1. The molecular formula is C31H35N3O3. The first-order chi connectivity index (χ1) is 17.9. The van der Waals surface area contributed by atoms with Crippen molar-refractivity contribution in [2.75, 3.05) is 5.32 Å². The fraction of sp³-hybridized carbons (Fsp3) is 0.452. The first-order valence-corrected chi connectivity index (χ1v) is 13.7. The molecule has 192 valence electrons. The van der Waals surface area contributed by atoms with Crippen LogP contribution < -0.4 is 5.32 Å². The van der Waals surface area contributed by atoms with Gasteiger partial charge in [-0.15, -0.1) is 0 Å². The summed E-state index contributed by atoms with van der Waals surface area (Å²) in [5.41, 5.74) is 4.49. The molecule has 0 unspecified atom stereocenters. The number of hydrogen-bond acceptors (Lipinski definition) is 3. The van der Waals surface area contributed by atoms with Gasteiger partial charge in [0.1, 0.15) is 11.5 Å². The number of amides is 1. The number of aromatic carboxylic acids is 1. The minimum Gasteiger partial charge on any atom is -0.478 e. The average molecular weight is 498 g/mol. The number of nitrogens with one attached hydrogen (secondary N) is 2. The van der Waals surface area contributed by atoms with Gasteiger partial charge in [0.2, 0.25) is 0 Å². The molecule has 4 fully saturated rings. The maximum atomic E-state index is 13.5. The summed E-state index contributed by atoms with van der Waals surface area (Å²) in [5.74, 6) is 2.07. The van der Waals surface area contributed by atoms with Crippen molar-refractivity contribution < 1.29 is 14.7 Å². The zero-order chi connectivity index (χ0) is 25.6. The average Bonchev–Trinajstić information content (AvgIpc) is 3.31. The summed E-state index contributed by atoms with van der Waals surface area (Å²) in [5, 5.41) is 12.2. The third-order valence-electron chi connectivity index (χ3n) is 9.08. The molecule has 0 atom stereocenters. The van der Waals surface area contributed by atoms with Crippen LogP contribution in [0.4, 0.5) is 5.69 Å². The molecule has 4 bridgehead atoms. The van der Waals surface area contributed by atoms with E-state index < -0.39 is 5.97 Å². The van der Waals surface area contributed by atoms with Crippen molar-refractivity contribution in [1.82, 2.24) is 9.97 Å². The first kappa shape index (κ1) is 24.0. The number of carboxylic acid groups (broad SMARTS) is 1. The lowest BCUT2D eigenvalue weighted by atomic mass is 9.48. The van der Waals surface area contributed by atoms with Crippen LogP contribution in [0.5, 0.6) is 0 Å². The van der Waals surface area contributed by atoms with Gasteiger partial charge >= 0.3 is 5.97 Å². The molecule has 0 spiro atoms. The molecule has 4 aliphatic rings. The molecule has 6 nitrogen and oxygen atoms in total. The van der Waals surface area contributed by atoms with E-state index in [9.17, 15) is 14.7 Å². The Hall–Kier alpha value is -3.41. The van der Waals surface area contributed by atoms with Crippen molar-refractivity contribution in [1.29, 1.82) is 0 Å². The number of rotatable bonds is 8. The molecule has 37 heavy (non-hydrogen) atoms. The smallest absolute Gasteiger partial charge is 0.335 e. The lowest BCUT2D eigenvalue weighted by Crippen LogP contribution is -2.46. The molecule has 1 heterocycles. The number of carboxylic acids is 1. The predicted molar refractivity (Wildman–Crippen MR) is 144 cm³/mol. The van der Waals surface area contributed by atoms with Crippen LogP contribution >= 0.6 is 0 Å². The van der Waals surface area contributed by atoms with Crippen LogP contribution in [0, 0.1) is 23.2 Å². The fourth-order valence-corrected chi connectivity index (χ4v) is 7.87. The van der Waals surface area contributed by atoms with Crippen LogP contribution in [0.2, 0.25) is 0 Å². The Bertz CT molecular complexity index is 1310. The minimum atomic E-state index is -1.02. The molecule has 3 aromatic rings. The van der Waals surface area contributed by atoms with Gasteiger partial charge in [0.25, 0.3) is 5.91 Å². The molecule has 4 aliphatic carbocycles. The van der Waals surface area contributed by atoms with Gasteiger partial charge in [0.05, 0.1) is 5.56 Å². The largest absolute Gasteiger partial charge is 0.478 e. The van der Waals surface area contributed by atoms with Crippen molar-refractivity contribution in [3.05, 3.63) is 71.0 Å². The summed E-state index contributed by atoms with van der Waals surface area (Å²) in [6.45, 7) is 2.12. The number of aromatic amines is 1. The second-order valence-electron chi connectivity index (χ2n) is 11.7. The molecule has 0 radical (unpaired) electrons. The third kappa shape index (κ3) is 4.70. The number of nitrogens with zero attached hydrogens (tertiary/aromatic N) is 1. The molecule has 3 N–H and O–H groups in total. The van der Waals surface area contributed by atoms with Crippen molar-refractivity contribution in [2.24, 2.45) is 23.2 Å². The second kappa shape index (κ2) is 9.47. The summed E-state index contributed by atoms with van der Waals surface area (Å²) in [7, 11) is 0.